The van der Waals surface area contributed by atoms with Crippen molar-refractivity contribution in [2.75, 3.05) is 0 Å². The average Bonchev–Trinajstić information content (AvgIpc) is 2.36. The van der Waals surface area contributed by atoms with Crippen molar-refractivity contribution in [3.05, 3.63) is 33.5 Å². The van der Waals surface area contributed by atoms with Crippen LogP contribution < -0.4 is 5.32 Å². The van der Waals surface area contributed by atoms with Crippen LogP contribution >= 0.6 is 0 Å². The highest BCUT2D eigenvalue weighted by Crippen LogP contribution is 2.17. The summed E-state index contributed by atoms with van der Waals surface area (Å²) in [5, 5.41) is 12.9. The van der Waals surface area contributed by atoms with Gasteiger partial charge in [-0.05, 0) is 29.3 Å². The summed E-state index contributed by atoms with van der Waals surface area (Å²) in [6.45, 7) is 3.36. The summed E-state index contributed by atoms with van der Waals surface area (Å²) in [7, 11) is 0. The first-order valence-corrected chi connectivity index (χ1v) is 5.91. The van der Waals surface area contributed by atoms with Crippen LogP contribution in [0.4, 0.5) is 5.82 Å². The predicted molar refractivity (Wildman–Crippen MR) is 67.6 cm³/mol. The van der Waals surface area contributed by atoms with Gasteiger partial charge in [0.05, 0.1) is 11.1 Å². The van der Waals surface area contributed by atoms with Crippen LogP contribution in [-0.2, 0) is 4.79 Å². The first-order valence-electron chi connectivity index (χ1n) is 5.91. The molecule has 0 saturated carbocycles. The third-order valence-corrected chi connectivity index (χ3v) is 2.61. The second-order valence-corrected chi connectivity index (χ2v) is 4.05. The van der Waals surface area contributed by atoms with Crippen molar-refractivity contribution in [1.29, 1.82) is 0 Å². The van der Waals surface area contributed by atoms with E-state index in [0.29, 0.717) is 6.42 Å². The van der Waals surface area contributed by atoms with Gasteiger partial charge in [-0.15, -0.1) is 0 Å². The van der Waals surface area contributed by atoms with Gasteiger partial charge in [-0.2, -0.15) is 0 Å². The molecule has 0 radical (unpaired) electrons. The van der Waals surface area contributed by atoms with Gasteiger partial charge in [-0.1, -0.05) is 13.3 Å². The van der Waals surface area contributed by atoms with Gasteiger partial charge >= 0.3 is 5.82 Å². The lowest BCUT2D eigenvalue weighted by Gasteiger charge is -2.06. The minimum atomic E-state index is -0.662. The predicted octanol–water partition coefficient (Wildman–Crippen LogP) is 1.74. The second-order valence-electron chi connectivity index (χ2n) is 4.05. The molecule has 19 heavy (non-hydrogen) atoms. The first kappa shape index (κ1) is 14.7. The van der Waals surface area contributed by atoms with Crippen LogP contribution in [0.15, 0.2) is 12.3 Å². The maximum atomic E-state index is 11.8. The van der Waals surface area contributed by atoms with Gasteiger partial charge in [-0.25, -0.2) is 0 Å². The van der Waals surface area contributed by atoms with Crippen molar-refractivity contribution >= 4 is 17.6 Å². The molecule has 1 aromatic rings. The molecule has 0 bridgehead atoms. The molecule has 0 spiro atoms. The molecule has 0 aromatic carbocycles. The highest BCUT2D eigenvalue weighted by Gasteiger charge is 2.20. The number of hydrogen-bond acceptors (Lipinski definition) is 5. The Morgan fingerprint density at radius 2 is 2.16 bits per heavy atom. The van der Waals surface area contributed by atoms with E-state index in [-0.39, 0.29) is 29.3 Å². The van der Waals surface area contributed by atoms with Crippen LogP contribution in [0, 0.1) is 17.0 Å². The van der Waals surface area contributed by atoms with Crippen molar-refractivity contribution in [3.8, 4) is 0 Å². The summed E-state index contributed by atoms with van der Waals surface area (Å²) >= 11 is 0. The van der Waals surface area contributed by atoms with Crippen LogP contribution in [0.3, 0.4) is 0 Å². The average molecular weight is 265 g/mol. The number of carbonyl (C=O) groups is 2. The van der Waals surface area contributed by atoms with Crippen molar-refractivity contribution in [2.24, 2.45) is 0 Å². The third kappa shape index (κ3) is 3.84. The highest BCUT2D eigenvalue weighted by molar-refractivity contribution is 6.05. The number of pyridine rings is 1. The van der Waals surface area contributed by atoms with Gasteiger partial charge < -0.3 is 10.1 Å². The third-order valence-electron chi connectivity index (χ3n) is 2.61. The number of hydrogen-bond donors (Lipinski definition) is 1. The zero-order valence-electron chi connectivity index (χ0n) is 10.8. The monoisotopic (exact) mass is 265 g/mol. The standard InChI is InChI=1S/C12H15N3O4/c1-3-4-5-10(16)14-12(17)9-6-7-13-11(8(9)2)15(18)19/h6-7H,3-5H2,1-2H3,(H,14,16,17). The molecule has 0 atom stereocenters. The van der Waals surface area contributed by atoms with Crippen molar-refractivity contribution in [2.45, 2.75) is 33.1 Å². The van der Waals surface area contributed by atoms with E-state index in [0.717, 1.165) is 6.42 Å². The second kappa shape index (κ2) is 6.58. The van der Waals surface area contributed by atoms with E-state index in [4.69, 9.17) is 0 Å². The maximum absolute atomic E-state index is 11.8. The zero-order chi connectivity index (χ0) is 14.4. The molecule has 0 aliphatic rings. The Hall–Kier alpha value is -2.31. The Kier molecular flexibility index (Phi) is 5.11. The molecule has 7 nitrogen and oxygen atoms in total. The fourth-order valence-corrected chi connectivity index (χ4v) is 1.55. The summed E-state index contributed by atoms with van der Waals surface area (Å²) in [6.07, 6.45) is 2.97. The number of nitrogens with one attached hydrogen (secondary N) is 1. The summed E-state index contributed by atoms with van der Waals surface area (Å²) in [5.74, 6) is -1.40. The Morgan fingerprint density at radius 1 is 1.47 bits per heavy atom. The van der Waals surface area contributed by atoms with E-state index in [1.54, 1.807) is 0 Å². The van der Waals surface area contributed by atoms with E-state index in [9.17, 15) is 19.7 Å². The molecule has 102 valence electrons. The number of aromatic nitrogens is 1. The molecule has 2 amide bonds. The Bertz CT molecular complexity index is 514. The number of rotatable bonds is 5. The minimum absolute atomic E-state index is 0.0894. The number of nitrogens with zero attached hydrogens (tertiary/aromatic N) is 2. The Labute approximate surface area is 110 Å². The van der Waals surface area contributed by atoms with Crippen molar-refractivity contribution < 1.29 is 14.5 Å². The smallest absolute Gasteiger partial charge is 0.358 e. The van der Waals surface area contributed by atoms with E-state index in [1.165, 1.54) is 19.2 Å². The molecular formula is C12H15N3O4. The molecule has 1 N–H and O–H groups in total. The topological polar surface area (TPSA) is 102 Å². The molecule has 1 aromatic heterocycles. The summed E-state index contributed by atoms with van der Waals surface area (Å²) in [5.41, 5.74) is 0.236. The molecule has 0 fully saturated rings. The summed E-state index contributed by atoms with van der Waals surface area (Å²) in [4.78, 5) is 36.9. The van der Waals surface area contributed by atoms with Crippen LogP contribution in [0.1, 0.15) is 42.1 Å². The number of nitro groups is 1. The normalized spacial score (nSPS) is 10.0. The number of unbranched alkanes of at least 4 members (excludes halogenated alkanes) is 1. The SMILES string of the molecule is CCCCC(=O)NC(=O)c1ccnc([N+](=O)[O-])c1C. The van der Waals surface area contributed by atoms with E-state index >= 15 is 0 Å². The zero-order valence-corrected chi connectivity index (χ0v) is 10.8. The van der Waals surface area contributed by atoms with Gasteiger partial charge in [0.25, 0.3) is 5.91 Å². The van der Waals surface area contributed by atoms with Crippen LogP contribution in [0.25, 0.3) is 0 Å². The van der Waals surface area contributed by atoms with Gasteiger partial charge in [0, 0.05) is 6.42 Å². The molecule has 7 heteroatoms. The molecule has 0 aliphatic carbocycles. The number of amides is 2. The van der Waals surface area contributed by atoms with Gasteiger partial charge in [0.2, 0.25) is 5.91 Å². The van der Waals surface area contributed by atoms with Gasteiger partial charge in [-0.3, -0.25) is 14.9 Å². The highest BCUT2D eigenvalue weighted by atomic mass is 16.6. The maximum Gasteiger partial charge on any atom is 0.367 e. The number of carbonyl (C=O) groups excluding carboxylic acids is 2. The minimum Gasteiger partial charge on any atom is -0.358 e. The van der Waals surface area contributed by atoms with Crippen molar-refractivity contribution in [1.82, 2.24) is 10.3 Å². The summed E-state index contributed by atoms with van der Waals surface area (Å²) < 4.78 is 0. The van der Waals surface area contributed by atoms with Gasteiger partial charge in [0.1, 0.15) is 6.20 Å². The lowest BCUT2D eigenvalue weighted by Crippen LogP contribution is -2.30. The molecule has 0 unspecified atom stereocenters. The fourth-order valence-electron chi connectivity index (χ4n) is 1.55. The Balaban J connectivity index is 2.86. The summed E-state index contributed by atoms with van der Waals surface area (Å²) in [6, 6.07) is 1.35. The van der Waals surface area contributed by atoms with E-state index in [2.05, 4.69) is 10.3 Å². The molecular weight excluding hydrogens is 250 g/mol. The van der Waals surface area contributed by atoms with Crippen LogP contribution in [0.2, 0.25) is 0 Å². The van der Waals surface area contributed by atoms with E-state index in [1.807, 2.05) is 6.92 Å². The molecule has 0 aliphatic heterocycles. The molecule has 1 rings (SSSR count). The quantitative estimate of drug-likeness (QED) is 0.645. The van der Waals surface area contributed by atoms with Gasteiger partial charge in [0.15, 0.2) is 0 Å². The molecule has 1 heterocycles. The Morgan fingerprint density at radius 3 is 2.74 bits per heavy atom. The lowest BCUT2D eigenvalue weighted by atomic mass is 10.1. The van der Waals surface area contributed by atoms with Crippen LogP contribution in [0.5, 0.6) is 0 Å². The lowest BCUT2D eigenvalue weighted by molar-refractivity contribution is -0.390. The van der Waals surface area contributed by atoms with Crippen LogP contribution in [-0.4, -0.2) is 21.7 Å². The fraction of sp³-hybridized carbons (Fsp3) is 0.417. The van der Waals surface area contributed by atoms with E-state index < -0.39 is 10.8 Å². The first-order chi connectivity index (χ1) is 8.97. The van der Waals surface area contributed by atoms with Crippen molar-refractivity contribution in [3.63, 3.8) is 0 Å². The number of imide groups is 1. The largest absolute Gasteiger partial charge is 0.367 e. The molecule has 0 saturated heterocycles.